The predicted octanol–water partition coefficient (Wildman–Crippen LogP) is 1.25. The van der Waals surface area contributed by atoms with E-state index in [2.05, 4.69) is 9.97 Å². The second-order valence-corrected chi connectivity index (χ2v) is 4.54. The van der Waals surface area contributed by atoms with E-state index >= 15 is 0 Å². The minimum absolute atomic E-state index is 0.127. The number of aromatic nitrogens is 2. The van der Waals surface area contributed by atoms with Gasteiger partial charge in [-0.05, 0) is 24.6 Å². The van der Waals surface area contributed by atoms with Crippen LogP contribution < -0.4 is 16.2 Å². The first-order chi connectivity index (χ1) is 9.92. The number of anilines is 2. The van der Waals surface area contributed by atoms with Gasteiger partial charge in [0.1, 0.15) is 11.6 Å². The molecular weight excluding hydrogens is 272 g/mol. The van der Waals surface area contributed by atoms with E-state index in [0.29, 0.717) is 23.7 Å². The van der Waals surface area contributed by atoms with E-state index in [-0.39, 0.29) is 11.5 Å². The molecule has 0 bridgehead atoms. The van der Waals surface area contributed by atoms with Gasteiger partial charge in [-0.25, -0.2) is 9.78 Å². The summed E-state index contributed by atoms with van der Waals surface area (Å²) in [5.41, 5.74) is 13.8. The molecule has 0 unspecified atom stereocenters. The summed E-state index contributed by atoms with van der Waals surface area (Å²) in [7, 11) is 1.49. The molecule has 0 aliphatic rings. The Balaban J connectivity index is 2.42. The van der Waals surface area contributed by atoms with Crippen molar-refractivity contribution >= 4 is 17.7 Å². The number of benzene rings is 1. The number of hydrogen-bond acceptors (Lipinski definition) is 6. The molecule has 2 rings (SSSR count). The zero-order valence-corrected chi connectivity index (χ0v) is 11.8. The average molecular weight is 288 g/mol. The van der Waals surface area contributed by atoms with Gasteiger partial charge in [0.15, 0.2) is 0 Å². The number of carboxylic acids is 1. The number of methoxy groups -OCH3 is 1. The van der Waals surface area contributed by atoms with Crippen LogP contribution in [-0.4, -0.2) is 28.2 Å². The van der Waals surface area contributed by atoms with Gasteiger partial charge in [-0.15, -0.1) is 0 Å². The van der Waals surface area contributed by atoms with Gasteiger partial charge in [-0.2, -0.15) is 4.98 Å². The summed E-state index contributed by atoms with van der Waals surface area (Å²) < 4.78 is 5.24. The third-order valence-corrected chi connectivity index (χ3v) is 3.16. The molecule has 7 heteroatoms. The zero-order chi connectivity index (χ0) is 15.6. The third kappa shape index (κ3) is 3.02. The lowest BCUT2D eigenvalue weighted by Crippen LogP contribution is -2.08. The lowest BCUT2D eigenvalue weighted by molar-refractivity contribution is 0.0696. The molecule has 1 aromatic heterocycles. The van der Waals surface area contributed by atoms with Crippen molar-refractivity contribution in [3.05, 3.63) is 40.6 Å². The largest absolute Gasteiger partial charge is 0.496 e. The summed E-state index contributed by atoms with van der Waals surface area (Å²) >= 11 is 0. The van der Waals surface area contributed by atoms with Crippen LogP contribution in [0, 0.1) is 6.92 Å². The predicted molar refractivity (Wildman–Crippen MR) is 78.4 cm³/mol. The molecule has 7 nitrogen and oxygen atoms in total. The topological polar surface area (TPSA) is 124 Å². The molecule has 0 aliphatic carbocycles. The van der Waals surface area contributed by atoms with Gasteiger partial charge in [0.05, 0.1) is 12.7 Å². The number of aromatic carboxylic acids is 1. The lowest BCUT2D eigenvalue weighted by Gasteiger charge is -2.12. The van der Waals surface area contributed by atoms with Crippen LogP contribution in [-0.2, 0) is 6.42 Å². The Labute approximate surface area is 121 Å². The molecule has 0 fully saturated rings. The number of carboxylic acid groups (broad SMARTS) is 1. The Morgan fingerprint density at radius 3 is 2.62 bits per heavy atom. The first-order valence-electron chi connectivity index (χ1n) is 6.21. The van der Waals surface area contributed by atoms with Crippen LogP contribution in [0.25, 0.3) is 0 Å². The van der Waals surface area contributed by atoms with E-state index in [9.17, 15) is 4.79 Å². The molecule has 1 heterocycles. The number of nitrogen functional groups attached to an aromatic ring is 2. The van der Waals surface area contributed by atoms with E-state index < -0.39 is 5.97 Å². The summed E-state index contributed by atoms with van der Waals surface area (Å²) in [5, 5.41) is 8.99. The lowest BCUT2D eigenvalue weighted by atomic mass is 10.0. The molecule has 0 amide bonds. The van der Waals surface area contributed by atoms with Crippen LogP contribution in [0.2, 0.25) is 0 Å². The number of ether oxygens (including phenoxy) is 1. The van der Waals surface area contributed by atoms with Crippen LogP contribution in [0.1, 0.15) is 27.2 Å². The van der Waals surface area contributed by atoms with Crippen LogP contribution in [0.5, 0.6) is 5.75 Å². The average Bonchev–Trinajstić information content (AvgIpc) is 2.42. The second-order valence-electron chi connectivity index (χ2n) is 4.54. The Kier molecular flexibility index (Phi) is 3.93. The molecule has 1 aromatic carbocycles. The molecule has 0 radical (unpaired) electrons. The maximum atomic E-state index is 11.0. The van der Waals surface area contributed by atoms with Crippen molar-refractivity contribution in [2.24, 2.45) is 0 Å². The van der Waals surface area contributed by atoms with Crippen LogP contribution in [0.3, 0.4) is 0 Å². The van der Waals surface area contributed by atoms with Gasteiger partial charge in [0.25, 0.3) is 0 Å². The maximum Gasteiger partial charge on any atom is 0.335 e. The Bertz CT molecular complexity index is 678. The van der Waals surface area contributed by atoms with Crippen LogP contribution in [0.15, 0.2) is 18.2 Å². The fraction of sp³-hybridized carbons (Fsp3) is 0.214. The van der Waals surface area contributed by atoms with Gasteiger partial charge in [0, 0.05) is 17.7 Å². The van der Waals surface area contributed by atoms with E-state index in [0.717, 1.165) is 11.1 Å². The van der Waals surface area contributed by atoms with Gasteiger partial charge in [-0.1, -0.05) is 6.07 Å². The van der Waals surface area contributed by atoms with Crippen molar-refractivity contribution in [1.29, 1.82) is 0 Å². The molecule has 0 aliphatic heterocycles. The summed E-state index contributed by atoms with van der Waals surface area (Å²) in [5.74, 6) is -0.0943. The van der Waals surface area contributed by atoms with Gasteiger partial charge in [0.2, 0.25) is 5.95 Å². The van der Waals surface area contributed by atoms with Gasteiger partial charge < -0.3 is 21.3 Å². The van der Waals surface area contributed by atoms with Crippen molar-refractivity contribution in [3.8, 4) is 5.75 Å². The Hall–Kier alpha value is -2.83. The SMILES string of the molecule is COc1cc(C(=O)O)ccc1Cc1c(C)nc(N)nc1N. The Morgan fingerprint density at radius 2 is 2.05 bits per heavy atom. The van der Waals surface area contributed by atoms with Crippen molar-refractivity contribution < 1.29 is 14.6 Å². The van der Waals surface area contributed by atoms with Crippen LogP contribution >= 0.6 is 0 Å². The molecule has 5 N–H and O–H groups in total. The summed E-state index contributed by atoms with van der Waals surface area (Å²) in [6.45, 7) is 1.79. The highest BCUT2D eigenvalue weighted by Gasteiger charge is 2.14. The van der Waals surface area contributed by atoms with E-state index in [1.165, 1.54) is 19.2 Å². The first kappa shape index (κ1) is 14.6. The van der Waals surface area contributed by atoms with E-state index in [4.69, 9.17) is 21.3 Å². The molecule has 110 valence electrons. The van der Waals surface area contributed by atoms with Crippen LogP contribution in [0.4, 0.5) is 11.8 Å². The monoisotopic (exact) mass is 288 g/mol. The molecule has 0 atom stereocenters. The van der Waals surface area contributed by atoms with Crippen molar-refractivity contribution in [1.82, 2.24) is 9.97 Å². The highest BCUT2D eigenvalue weighted by atomic mass is 16.5. The smallest absolute Gasteiger partial charge is 0.335 e. The number of nitrogens with two attached hydrogens (primary N) is 2. The summed E-state index contributed by atoms with van der Waals surface area (Å²) in [6.07, 6.45) is 0.432. The fourth-order valence-electron chi connectivity index (χ4n) is 2.07. The third-order valence-electron chi connectivity index (χ3n) is 3.16. The van der Waals surface area contributed by atoms with Crippen molar-refractivity contribution in [3.63, 3.8) is 0 Å². The molecule has 0 spiro atoms. The van der Waals surface area contributed by atoms with Gasteiger partial charge >= 0.3 is 5.97 Å². The summed E-state index contributed by atoms with van der Waals surface area (Å²) in [6, 6.07) is 4.68. The number of hydrogen-bond donors (Lipinski definition) is 3. The zero-order valence-electron chi connectivity index (χ0n) is 11.8. The molecule has 0 saturated carbocycles. The maximum absolute atomic E-state index is 11.0. The first-order valence-corrected chi connectivity index (χ1v) is 6.21. The standard InChI is InChI=1S/C14H16N4O3/c1-7-10(12(15)18-14(16)17-7)5-8-3-4-9(13(19)20)6-11(8)21-2/h3-4,6H,5H2,1-2H3,(H,19,20)(H4,15,16,17,18). The van der Waals surface area contributed by atoms with E-state index in [1.54, 1.807) is 13.0 Å². The quantitative estimate of drug-likeness (QED) is 0.773. The fourth-order valence-corrected chi connectivity index (χ4v) is 2.07. The van der Waals surface area contributed by atoms with Crippen molar-refractivity contribution in [2.45, 2.75) is 13.3 Å². The molecular formula is C14H16N4O3. The minimum Gasteiger partial charge on any atom is -0.496 e. The molecule has 0 saturated heterocycles. The number of carbonyl (C=O) groups is 1. The minimum atomic E-state index is -1.01. The Morgan fingerprint density at radius 1 is 1.33 bits per heavy atom. The highest BCUT2D eigenvalue weighted by molar-refractivity contribution is 5.88. The normalized spacial score (nSPS) is 10.4. The second kappa shape index (κ2) is 5.66. The highest BCUT2D eigenvalue weighted by Crippen LogP contribution is 2.26. The summed E-state index contributed by atoms with van der Waals surface area (Å²) in [4.78, 5) is 19.0. The molecule has 21 heavy (non-hydrogen) atoms. The number of aryl methyl sites for hydroxylation is 1. The van der Waals surface area contributed by atoms with E-state index in [1.807, 2.05) is 0 Å². The van der Waals surface area contributed by atoms with Crippen molar-refractivity contribution in [2.75, 3.05) is 18.6 Å². The number of nitrogens with zero attached hydrogens (tertiary/aromatic N) is 2. The van der Waals surface area contributed by atoms with Gasteiger partial charge in [-0.3, -0.25) is 0 Å². The molecule has 2 aromatic rings. The number of rotatable bonds is 4.